The molecule has 3 heterocycles. The molecule has 1 amide bonds. The molecular formula is C21H21N3OS. The van der Waals surface area contributed by atoms with Gasteiger partial charge in [0.15, 0.2) is 5.13 Å². The Morgan fingerprint density at radius 2 is 2.04 bits per heavy atom. The van der Waals surface area contributed by atoms with Gasteiger partial charge in [0, 0.05) is 25.3 Å². The smallest absolute Gasteiger partial charge is 0.233 e. The van der Waals surface area contributed by atoms with Gasteiger partial charge in [-0.05, 0) is 43.5 Å². The van der Waals surface area contributed by atoms with Crippen LogP contribution in [0.2, 0.25) is 0 Å². The molecule has 2 aromatic carbocycles. The van der Waals surface area contributed by atoms with Gasteiger partial charge in [-0.3, -0.25) is 4.79 Å². The van der Waals surface area contributed by atoms with Crippen LogP contribution in [-0.2, 0) is 11.2 Å². The fourth-order valence-corrected chi connectivity index (χ4v) is 4.95. The van der Waals surface area contributed by atoms with Crippen LogP contribution in [-0.4, -0.2) is 30.5 Å². The van der Waals surface area contributed by atoms with Crippen molar-refractivity contribution in [2.75, 3.05) is 29.4 Å². The Hall–Kier alpha value is -2.40. The SMILES string of the molecule is Cc1ccc2c(c1)CCCN2C(=O)C1CN(c2nc3ccccc3s2)C1. The van der Waals surface area contributed by atoms with Gasteiger partial charge in [-0.15, -0.1) is 0 Å². The van der Waals surface area contributed by atoms with Crippen LogP contribution < -0.4 is 9.80 Å². The average molecular weight is 363 g/mol. The maximum atomic E-state index is 13.1. The Morgan fingerprint density at radius 3 is 2.88 bits per heavy atom. The largest absolute Gasteiger partial charge is 0.346 e. The van der Waals surface area contributed by atoms with Crippen LogP contribution in [0.15, 0.2) is 42.5 Å². The van der Waals surface area contributed by atoms with E-state index in [1.807, 2.05) is 23.1 Å². The lowest BCUT2D eigenvalue weighted by Gasteiger charge is -2.41. The zero-order valence-electron chi connectivity index (χ0n) is 14.8. The number of hydrogen-bond donors (Lipinski definition) is 0. The molecule has 5 heteroatoms. The van der Waals surface area contributed by atoms with Crippen LogP contribution in [0.1, 0.15) is 17.5 Å². The Bertz CT molecular complexity index is 957. The van der Waals surface area contributed by atoms with Gasteiger partial charge in [-0.25, -0.2) is 4.98 Å². The number of amides is 1. The minimum atomic E-state index is 0.0780. The van der Waals surface area contributed by atoms with Crippen molar-refractivity contribution in [2.45, 2.75) is 19.8 Å². The number of para-hydroxylation sites is 1. The minimum absolute atomic E-state index is 0.0780. The lowest BCUT2D eigenvalue weighted by atomic mass is 9.95. The van der Waals surface area contributed by atoms with Crippen LogP contribution in [0.4, 0.5) is 10.8 Å². The molecule has 0 radical (unpaired) electrons. The molecule has 26 heavy (non-hydrogen) atoms. The number of carbonyl (C=O) groups excluding carboxylic acids is 1. The zero-order chi connectivity index (χ0) is 17.7. The third-order valence-electron chi connectivity index (χ3n) is 5.40. The molecule has 1 fully saturated rings. The average Bonchev–Trinajstić information content (AvgIpc) is 3.03. The van der Waals surface area contributed by atoms with E-state index in [1.165, 1.54) is 15.8 Å². The third-order valence-corrected chi connectivity index (χ3v) is 6.50. The minimum Gasteiger partial charge on any atom is -0.346 e. The summed E-state index contributed by atoms with van der Waals surface area (Å²) in [5, 5.41) is 1.03. The van der Waals surface area contributed by atoms with Crippen molar-refractivity contribution in [1.82, 2.24) is 4.98 Å². The van der Waals surface area contributed by atoms with Crippen molar-refractivity contribution in [3.63, 3.8) is 0 Å². The number of carbonyl (C=O) groups is 1. The van der Waals surface area contributed by atoms with Crippen molar-refractivity contribution < 1.29 is 4.79 Å². The first-order chi connectivity index (χ1) is 12.7. The highest BCUT2D eigenvalue weighted by Crippen LogP contribution is 2.35. The third kappa shape index (κ3) is 2.58. The zero-order valence-corrected chi connectivity index (χ0v) is 15.6. The van der Waals surface area contributed by atoms with E-state index in [4.69, 9.17) is 4.98 Å². The maximum Gasteiger partial charge on any atom is 0.233 e. The van der Waals surface area contributed by atoms with Crippen molar-refractivity contribution in [2.24, 2.45) is 5.92 Å². The van der Waals surface area contributed by atoms with E-state index in [1.54, 1.807) is 11.3 Å². The van der Waals surface area contributed by atoms with Crippen molar-refractivity contribution >= 4 is 38.3 Å². The first-order valence-electron chi connectivity index (χ1n) is 9.20. The monoisotopic (exact) mass is 363 g/mol. The molecule has 132 valence electrons. The van der Waals surface area contributed by atoms with E-state index in [9.17, 15) is 4.79 Å². The summed E-state index contributed by atoms with van der Waals surface area (Å²) in [5.41, 5.74) is 4.74. The summed E-state index contributed by atoms with van der Waals surface area (Å²) in [4.78, 5) is 22.0. The summed E-state index contributed by atoms with van der Waals surface area (Å²) in [6.45, 7) is 4.50. The number of hydrogen-bond acceptors (Lipinski definition) is 4. The van der Waals surface area contributed by atoms with E-state index in [0.717, 1.165) is 48.8 Å². The van der Waals surface area contributed by atoms with Crippen molar-refractivity contribution in [1.29, 1.82) is 0 Å². The number of fused-ring (bicyclic) bond motifs is 2. The number of aryl methyl sites for hydroxylation is 2. The van der Waals surface area contributed by atoms with Crippen molar-refractivity contribution in [3.05, 3.63) is 53.6 Å². The van der Waals surface area contributed by atoms with Gasteiger partial charge in [0.25, 0.3) is 0 Å². The normalized spacial score (nSPS) is 17.3. The van der Waals surface area contributed by atoms with Gasteiger partial charge in [0.05, 0.1) is 16.1 Å². The highest BCUT2D eigenvalue weighted by Gasteiger charge is 2.38. The second-order valence-corrected chi connectivity index (χ2v) is 8.30. The van der Waals surface area contributed by atoms with E-state index in [-0.39, 0.29) is 11.8 Å². The molecule has 1 aromatic heterocycles. The fraction of sp³-hybridized carbons (Fsp3) is 0.333. The van der Waals surface area contributed by atoms with Crippen LogP contribution in [0.25, 0.3) is 10.2 Å². The molecule has 3 aromatic rings. The second kappa shape index (κ2) is 6.09. The molecular weight excluding hydrogens is 342 g/mol. The lowest BCUT2D eigenvalue weighted by molar-refractivity contribution is -0.123. The first kappa shape index (κ1) is 15.8. The van der Waals surface area contributed by atoms with Crippen molar-refractivity contribution in [3.8, 4) is 0 Å². The molecule has 4 nitrogen and oxygen atoms in total. The quantitative estimate of drug-likeness (QED) is 0.690. The topological polar surface area (TPSA) is 36.4 Å². The molecule has 0 aliphatic carbocycles. The fourth-order valence-electron chi connectivity index (χ4n) is 3.96. The second-order valence-electron chi connectivity index (χ2n) is 7.29. The first-order valence-corrected chi connectivity index (χ1v) is 10.0. The highest BCUT2D eigenvalue weighted by atomic mass is 32.1. The molecule has 5 rings (SSSR count). The van der Waals surface area contributed by atoms with Crippen LogP contribution in [0.5, 0.6) is 0 Å². The molecule has 1 saturated heterocycles. The molecule has 2 aliphatic heterocycles. The summed E-state index contributed by atoms with van der Waals surface area (Å²) >= 11 is 1.71. The summed E-state index contributed by atoms with van der Waals surface area (Å²) in [7, 11) is 0. The maximum absolute atomic E-state index is 13.1. The summed E-state index contributed by atoms with van der Waals surface area (Å²) in [5.74, 6) is 0.349. The van der Waals surface area contributed by atoms with Crippen LogP contribution in [0, 0.1) is 12.8 Å². The van der Waals surface area contributed by atoms with Gasteiger partial charge in [0.2, 0.25) is 5.91 Å². The Balaban J connectivity index is 1.31. The highest BCUT2D eigenvalue weighted by molar-refractivity contribution is 7.22. The van der Waals surface area contributed by atoms with Gasteiger partial charge in [-0.1, -0.05) is 41.2 Å². The van der Waals surface area contributed by atoms with E-state index in [2.05, 4.69) is 36.1 Å². The Labute approximate surface area is 157 Å². The van der Waals surface area contributed by atoms with E-state index < -0.39 is 0 Å². The molecule has 0 saturated carbocycles. The predicted molar refractivity (Wildman–Crippen MR) is 107 cm³/mol. The summed E-state index contributed by atoms with van der Waals surface area (Å²) in [6.07, 6.45) is 2.12. The summed E-state index contributed by atoms with van der Waals surface area (Å²) < 4.78 is 1.21. The number of anilines is 2. The molecule has 0 atom stereocenters. The molecule has 0 bridgehead atoms. The van der Waals surface area contributed by atoms with Crippen LogP contribution in [0.3, 0.4) is 0 Å². The number of benzene rings is 2. The van der Waals surface area contributed by atoms with Gasteiger partial charge in [0.1, 0.15) is 0 Å². The standard InChI is InChI=1S/C21H21N3OS/c1-14-8-9-18-15(11-14)5-4-10-24(18)20(25)16-12-23(13-16)21-22-17-6-2-3-7-19(17)26-21/h2-3,6-9,11,16H,4-5,10,12-13H2,1H3. The Morgan fingerprint density at radius 1 is 1.19 bits per heavy atom. The lowest BCUT2D eigenvalue weighted by Crippen LogP contribution is -2.55. The predicted octanol–water partition coefficient (Wildman–Crippen LogP) is 4.02. The number of aromatic nitrogens is 1. The van der Waals surface area contributed by atoms with Crippen LogP contribution >= 0.6 is 11.3 Å². The van der Waals surface area contributed by atoms with Gasteiger partial charge < -0.3 is 9.80 Å². The van der Waals surface area contributed by atoms with Gasteiger partial charge >= 0.3 is 0 Å². The molecule has 0 N–H and O–H groups in total. The molecule has 0 unspecified atom stereocenters. The molecule has 2 aliphatic rings. The number of nitrogens with zero attached hydrogens (tertiary/aromatic N) is 3. The molecule has 0 spiro atoms. The Kier molecular flexibility index (Phi) is 3.71. The van der Waals surface area contributed by atoms with Gasteiger partial charge in [-0.2, -0.15) is 0 Å². The van der Waals surface area contributed by atoms with E-state index >= 15 is 0 Å². The summed E-state index contributed by atoms with van der Waals surface area (Å²) in [6, 6.07) is 14.7. The number of rotatable bonds is 2. The van der Waals surface area contributed by atoms with E-state index in [0.29, 0.717) is 0 Å². The number of thiazole rings is 1.